The van der Waals surface area contributed by atoms with E-state index in [1.54, 1.807) is 18.2 Å². The van der Waals surface area contributed by atoms with Crippen LogP contribution < -0.4 is 14.8 Å². The van der Waals surface area contributed by atoms with Crippen molar-refractivity contribution < 1.29 is 32.5 Å². The first-order chi connectivity index (χ1) is 16.3. The van der Waals surface area contributed by atoms with Crippen molar-refractivity contribution in [1.29, 1.82) is 0 Å². The molecule has 0 radical (unpaired) electrons. The van der Waals surface area contributed by atoms with Gasteiger partial charge in [-0.1, -0.05) is 72.8 Å². The van der Waals surface area contributed by atoms with Gasteiger partial charge in [0.25, 0.3) is 0 Å². The molecular weight excluding hydrogens is 447 g/mol. The van der Waals surface area contributed by atoms with Gasteiger partial charge >= 0.3 is 12.1 Å². The Morgan fingerprint density at radius 2 is 1.44 bits per heavy atom. The van der Waals surface area contributed by atoms with Gasteiger partial charge in [-0.15, -0.1) is 0 Å². The fourth-order valence-corrected chi connectivity index (χ4v) is 4.28. The molecule has 0 aliphatic rings. The van der Waals surface area contributed by atoms with Crippen molar-refractivity contribution >= 4 is 5.91 Å². The van der Waals surface area contributed by atoms with Gasteiger partial charge in [0.1, 0.15) is 0 Å². The van der Waals surface area contributed by atoms with Crippen LogP contribution in [0.1, 0.15) is 23.1 Å². The van der Waals surface area contributed by atoms with Gasteiger partial charge in [-0.2, -0.15) is 13.2 Å². The number of halogens is 3. The van der Waals surface area contributed by atoms with E-state index in [-0.39, 0.29) is 13.0 Å². The Labute approximate surface area is 196 Å². The van der Waals surface area contributed by atoms with E-state index in [1.165, 1.54) is 14.2 Å². The van der Waals surface area contributed by atoms with E-state index in [0.717, 1.165) is 0 Å². The van der Waals surface area contributed by atoms with Crippen molar-refractivity contribution in [2.24, 2.45) is 0 Å². The second-order valence-electron chi connectivity index (χ2n) is 7.64. The predicted molar refractivity (Wildman–Crippen MR) is 122 cm³/mol. The zero-order chi connectivity index (χ0) is 24.8. The lowest BCUT2D eigenvalue weighted by molar-refractivity contribution is -0.173. The Morgan fingerprint density at radius 3 is 1.91 bits per heavy atom. The van der Waals surface area contributed by atoms with Gasteiger partial charge < -0.3 is 19.9 Å². The van der Waals surface area contributed by atoms with E-state index >= 15 is 0 Å². The maximum absolute atomic E-state index is 12.7. The monoisotopic (exact) mass is 473 g/mol. The third-order valence-corrected chi connectivity index (χ3v) is 5.75. The molecule has 0 bridgehead atoms. The molecule has 180 valence electrons. The van der Waals surface area contributed by atoms with Gasteiger partial charge in [-0.05, 0) is 23.6 Å². The average molecular weight is 473 g/mol. The van der Waals surface area contributed by atoms with Crippen molar-refractivity contribution in [3.63, 3.8) is 0 Å². The van der Waals surface area contributed by atoms with Crippen molar-refractivity contribution in [3.8, 4) is 11.5 Å². The lowest BCUT2D eigenvalue weighted by Crippen LogP contribution is -2.45. The van der Waals surface area contributed by atoms with Gasteiger partial charge in [0, 0.05) is 12.1 Å². The minimum absolute atomic E-state index is 0.161. The number of para-hydroxylation sites is 1. The molecule has 1 atom stereocenters. The summed E-state index contributed by atoms with van der Waals surface area (Å²) in [5.74, 6) is -1.23. The van der Waals surface area contributed by atoms with Crippen molar-refractivity contribution in [3.05, 3.63) is 95.6 Å². The summed E-state index contributed by atoms with van der Waals surface area (Å²) in [5, 5.41) is 13.5. The fraction of sp³-hybridized carbons (Fsp3) is 0.269. The molecule has 3 rings (SSSR count). The normalized spacial score (nSPS) is 12.6. The maximum Gasteiger partial charge on any atom is 0.471 e. The SMILES string of the molecule is COc1cccc(C(c2ccccc2)(c2ccccc2)C(O)CCNC(=O)C(F)(F)F)c1OC. The van der Waals surface area contributed by atoms with Crippen LogP contribution in [0, 0.1) is 0 Å². The standard InChI is InChI=1S/C26H26F3NO4/c1-33-21-15-9-14-20(23(21)34-2)25(18-10-5-3-6-11-18,19-12-7-4-8-13-19)22(31)16-17-30-24(32)26(27,28)29/h3-15,22,31H,16-17H2,1-2H3,(H,30,32). The molecule has 0 aliphatic carbocycles. The van der Waals surface area contributed by atoms with E-state index in [1.807, 2.05) is 66.0 Å². The number of hydrogen-bond acceptors (Lipinski definition) is 4. The summed E-state index contributed by atoms with van der Waals surface area (Å²) in [6.07, 6.45) is -6.41. The van der Waals surface area contributed by atoms with Crippen LogP contribution in [-0.4, -0.2) is 44.1 Å². The van der Waals surface area contributed by atoms with Crippen molar-refractivity contribution in [2.75, 3.05) is 20.8 Å². The summed E-state index contributed by atoms with van der Waals surface area (Å²) >= 11 is 0. The van der Waals surface area contributed by atoms with E-state index in [9.17, 15) is 23.1 Å². The van der Waals surface area contributed by atoms with Crippen LogP contribution in [0.15, 0.2) is 78.9 Å². The molecule has 2 N–H and O–H groups in total. The number of hydrogen-bond donors (Lipinski definition) is 2. The molecule has 0 heterocycles. The highest BCUT2D eigenvalue weighted by molar-refractivity contribution is 5.81. The molecule has 0 saturated heterocycles. The average Bonchev–Trinajstić information content (AvgIpc) is 2.85. The molecule has 0 aromatic heterocycles. The maximum atomic E-state index is 12.7. The smallest absolute Gasteiger partial charge is 0.471 e. The number of methoxy groups -OCH3 is 2. The Kier molecular flexibility index (Phi) is 7.83. The fourth-order valence-electron chi connectivity index (χ4n) is 4.28. The Bertz CT molecular complexity index is 1050. The van der Waals surface area contributed by atoms with Gasteiger partial charge in [-0.25, -0.2) is 0 Å². The number of nitrogens with one attached hydrogen (secondary N) is 1. The number of carbonyl (C=O) groups excluding carboxylic acids is 1. The first-order valence-electron chi connectivity index (χ1n) is 10.6. The lowest BCUT2D eigenvalue weighted by atomic mass is 9.64. The number of alkyl halides is 3. The molecule has 34 heavy (non-hydrogen) atoms. The number of aliphatic hydroxyl groups excluding tert-OH is 1. The first-order valence-corrected chi connectivity index (χ1v) is 10.6. The summed E-state index contributed by atoms with van der Waals surface area (Å²) in [6.45, 7) is -0.382. The van der Waals surface area contributed by atoms with Crippen molar-refractivity contribution in [2.45, 2.75) is 24.1 Å². The number of amides is 1. The molecule has 0 fully saturated rings. The molecule has 5 nitrogen and oxygen atoms in total. The molecule has 0 spiro atoms. The Hall–Kier alpha value is -3.52. The molecule has 1 unspecified atom stereocenters. The third kappa shape index (κ3) is 4.87. The summed E-state index contributed by atoms with van der Waals surface area (Å²) < 4.78 is 49.2. The van der Waals surface area contributed by atoms with Gasteiger partial charge in [-0.3, -0.25) is 4.79 Å². The van der Waals surface area contributed by atoms with Crippen molar-refractivity contribution in [1.82, 2.24) is 5.32 Å². The predicted octanol–water partition coefficient (Wildman–Crippen LogP) is 4.47. The lowest BCUT2D eigenvalue weighted by Gasteiger charge is -2.41. The molecule has 1 amide bonds. The van der Waals surface area contributed by atoms with Crippen LogP contribution >= 0.6 is 0 Å². The first kappa shape index (κ1) is 25.1. The van der Waals surface area contributed by atoms with Crippen LogP contribution in [0.5, 0.6) is 11.5 Å². The molecule has 8 heteroatoms. The van der Waals surface area contributed by atoms with E-state index in [0.29, 0.717) is 28.2 Å². The molecule has 3 aromatic carbocycles. The van der Waals surface area contributed by atoms with Gasteiger partial charge in [0.2, 0.25) is 0 Å². The summed E-state index contributed by atoms with van der Waals surface area (Å²) in [5.41, 5.74) is 0.719. The number of benzene rings is 3. The van der Waals surface area contributed by atoms with E-state index in [4.69, 9.17) is 9.47 Å². The minimum atomic E-state index is -5.00. The molecular formula is C26H26F3NO4. The van der Waals surface area contributed by atoms with Crippen LogP contribution in [0.4, 0.5) is 13.2 Å². The topological polar surface area (TPSA) is 67.8 Å². The number of rotatable bonds is 9. The van der Waals surface area contributed by atoms with Crippen LogP contribution in [0.2, 0.25) is 0 Å². The van der Waals surface area contributed by atoms with Gasteiger partial charge in [0.15, 0.2) is 11.5 Å². The largest absolute Gasteiger partial charge is 0.493 e. The quantitative estimate of drug-likeness (QED) is 0.450. The highest BCUT2D eigenvalue weighted by Crippen LogP contribution is 2.49. The Balaban J connectivity index is 2.21. The third-order valence-electron chi connectivity index (χ3n) is 5.75. The van der Waals surface area contributed by atoms with Crippen LogP contribution in [-0.2, 0) is 10.2 Å². The van der Waals surface area contributed by atoms with E-state index < -0.39 is 23.6 Å². The van der Waals surface area contributed by atoms with E-state index in [2.05, 4.69) is 0 Å². The number of carbonyl (C=O) groups is 1. The Morgan fingerprint density at radius 1 is 0.882 bits per heavy atom. The highest BCUT2D eigenvalue weighted by atomic mass is 19.4. The summed E-state index contributed by atoms with van der Waals surface area (Å²) in [7, 11) is 2.98. The molecule has 0 aliphatic heterocycles. The second kappa shape index (κ2) is 10.6. The highest BCUT2D eigenvalue weighted by Gasteiger charge is 2.46. The summed E-state index contributed by atoms with van der Waals surface area (Å²) in [4.78, 5) is 11.3. The zero-order valence-electron chi connectivity index (χ0n) is 18.8. The van der Waals surface area contributed by atoms with Gasteiger partial charge in [0.05, 0.1) is 25.7 Å². The second-order valence-corrected chi connectivity index (χ2v) is 7.64. The number of ether oxygens (including phenoxy) is 2. The molecule has 3 aromatic rings. The van der Waals surface area contributed by atoms with Crippen LogP contribution in [0.3, 0.4) is 0 Å². The summed E-state index contributed by atoms with van der Waals surface area (Å²) in [6, 6.07) is 23.5. The minimum Gasteiger partial charge on any atom is -0.493 e. The zero-order valence-corrected chi connectivity index (χ0v) is 18.8. The number of aliphatic hydroxyl groups is 1. The van der Waals surface area contributed by atoms with Crippen LogP contribution in [0.25, 0.3) is 0 Å². The molecule has 0 saturated carbocycles.